The fraction of sp³-hybridized carbons (Fsp3) is 0.368. The van der Waals surface area contributed by atoms with Gasteiger partial charge in [0.25, 0.3) is 5.91 Å². The topological polar surface area (TPSA) is 173 Å². The Kier molecular flexibility index (Phi) is 7.89. The molecule has 0 aliphatic carbocycles. The second-order valence-corrected chi connectivity index (χ2v) is 9.07. The molecule has 0 saturated carbocycles. The van der Waals surface area contributed by atoms with Gasteiger partial charge in [-0.2, -0.15) is 0 Å². The molecule has 14 heteroatoms. The summed E-state index contributed by atoms with van der Waals surface area (Å²) < 4.78 is 34.0. The monoisotopic (exact) mass is 499 g/mol. The molecule has 1 amide bonds. The molecule has 1 atom stereocenters. The van der Waals surface area contributed by atoms with Gasteiger partial charge in [0.1, 0.15) is 23.3 Å². The van der Waals surface area contributed by atoms with Crippen molar-refractivity contribution in [3.8, 4) is 0 Å². The lowest BCUT2D eigenvalue weighted by Gasteiger charge is -2.17. The number of halogens is 1. The van der Waals surface area contributed by atoms with E-state index in [9.17, 15) is 22.9 Å². The molecule has 1 aromatic heterocycles. The Hall–Kier alpha value is -3.16. The predicted molar refractivity (Wildman–Crippen MR) is 118 cm³/mol. The van der Waals surface area contributed by atoms with Crippen LogP contribution in [0.15, 0.2) is 45.1 Å². The number of nitrogens with two attached hydrogens (primary N) is 1. The van der Waals surface area contributed by atoms with E-state index in [1.807, 2.05) is 0 Å². The number of sulfonamides is 1. The molecule has 4 N–H and O–H groups in total. The number of anilines is 1. The first kappa shape index (κ1) is 24.5. The minimum atomic E-state index is -4.18. The number of esters is 1. The number of nitroso groups, excluding NO2 is 1. The van der Waals surface area contributed by atoms with Crippen LogP contribution in [0.5, 0.6) is 0 Å². The summed E-state index contributed by atoms with van der Waals surface area (Å²) in [5.41, 5.74) is 0.213. The summed E-state index contributed by atoms with van der Waals surface area (Å²) in [5, 5.41) is 14.5. The molecule has 2 heterocycles. The first-order chi connectivity index (χ1) is 15.7. The van der Waals surface area contributed by atoms with Crippen molar-refractivity contribution in [2.24, 2.45) is 10.4 Å². The van der Waals surface area contributed by atoms with Crippen LogP contribution in [0.3, 0.4) is 0 Å². The van der Waals surface area contributed by atoms with Gasteiger partial charge in [-0.1, -0.05) is 11.6 Å². The van der Waals surface area contributed by atoms with Gasteiger partial charge < -0.3 is 19.8 Å². The van der Waals surface area contributed by atoms with Gasteiger partial charge in [0.15, 0.2) is 0 Å². The molecule has 0 spiro atoms. The number of ether oxygens (including phenoxy) is 1. The van der Waals surface area contributed by atoms with Gasteiger partial charge in [-0.05, 0) is 37.1 Å². The highest BCUT2D eigenvalue weighted by Crippen LogP contribution is 2.29. The molecule has 178 valence electrons. The molecule has 2 aromatic rings. The van der Waals surface area contributed by atoms with Crippen molar-refractivity contribution >= 4 is 39.2 Å². The number of rotatable bonds is 10. The number of carbonyl (C=O) groups excluding carboxylic acids is 2. The standard InChI is InChI=1S/C19H22ClN5O7S/c20-14-10-15(23-11-12-3-2-7-31-12)13(9-17(14)33(21,29)30)18(26)22-5-8-32-19(27)16-4-1-6-25(16)24-28/h2-3,7,9-10,16,23H,1,4-6,8,11H2,(H,22,26)(H2,21,29,30)/t16-/m0/s1. The molecule has 3 rings (SSSR count). The first-order valence-electron chi connectivity index (χ1n) is 9.88. The number of furan rings is 1. The SMILES string of the molecule is NS(=O)(=O)c1cc(C(=O)NCCOC(=O)[C@@H]2CCCN2N=O)c(NCc2ccco2)cc1Cl. The molecule has 0 radical (unpaired) electrons. The molecule has 1 fully saturated rings. The van der Waals surface area contributed by atoms with E-state index in [-0.39, 0.29) is 36.0 Å². The summed E-state index contributed by atoms with van der Waals surface area (Å²) in [6.45, 7) is 0.380. The third-order valence-corrected chi connectivity index (χ3v) is 6.27. The van der Waals surface area contributed by atoms with Crippen molar-refractivity contribution in [3.05, 3.63) is 51.8 Å². The van der Waals surface area contributed by atoms with Crippen LogP contribution in [0.4, 0.5) is 5.69 Å². The van der Waals surface area contributed by atoms with Gasteiger partial charge in [0.2, 0.25) is 10.0 Å². The highest BCUT2D eigenvalue weighted by Gasteiger charge is 2.32. The van der Waals surface area contributed by atoms with E-state index >= 15 is 0 Å². The molecule has 0 unspecified atom stereocenters. The third-order valence-electron chi connectivity index (χ3n) is 4.89. The van der Waals surface area contributed by atoms with Crippen molar-refractivity contribution in [1.29, 1.82) is 0 Å². The minimum Gasteiger partial charge on any atom is -0.467 e. The Balaban J connectivity index is 1.66. The molecule has 1 aliphatic rings. The van der Waals surface area contributed by atoms with Gasteiger partial charge in [-0.25, -0.2) is 23.4 Å². The first-order valence-corrected chi connectivity index (χ1v) is 11.8. The summed E-state index contributed by atoms with van der Waals surface area (Å²) in [4.78, 5) is 35.2. The molecule has 12 nitrogen and oxygen atoms in total. The Bertz CT molecular complexity index is 1120. The smallest absolute Gasteiger partial charge is 0.330 e. The summed E-state index contributed by atoms with van der Waals surface area (Å²) in [7, 11) is -4.18. The summed E-state index contributed by atoms with van der Waals surface area (Å²) in [6.07, 6.45) is 2.60. The van der Waals surface area contributed by atoms with Crippen molar-refractivity contribution < 1.29 is 27.2 Å². The third kappa shape index (κ3) is 6.21. The van der Waals surface area contributed by atoms with Crippen molar-refractivity contribution in [3.63, 3.8) is 0 Å². The van der Waals surface area contributed by atoms with Crippen LogP contribution in [-0.2, 0) is 26.1 Å². The number of benzene rings is 1. The van der Waals surface area contributed by atoms with E-state index in [1.54, 1.807) is 12.1 Å². The number of hydrogen-bond acceptors (Lipinski definition) is 9. The number of nitrogens with zero attached hydrogens (tertiary/aromatic N) is 2. The molecular formula is C19H22ClN5O7S. The lowest BCUT2D eigenvalue weighted by Crippen LogP contribution is -2.35. The zero-order valence-electron chi connectivity index (χ0n) is 17.3. The summed E-state index contributed by atoms with van der Waals surface area (Å²) >= 11 is 6.05. The average molecular weight is 500 g/mol. The second kappa shape index (κ2) is 10.6. The predicted octanol–water partition coefficient (Wildman–Crippen LogP) is 1.61. The quantitative estimate of drug-likeness (QED) is 0.249. The number of primary sulfonamides is 1. The van der Waals surface area contributed by atoms with Crippen molar-refractivity contribution in [2.75, 3.05) is 25.0 Å². The molecule has 1 aliphatic heterocycles. The van der Waals surface area contributed by atoms with Gasteiger partial charge in [-0.15, -0.1) is 4.91 Å². The highest BCUT2D eigenvalue weighted by atomic mass is 35.5. The molecular weight excluding hydrogens is 478 g/mol. The average Bonchev–Trinajstić information content (AvgIpc) is 3.45. The molecule has 33 heavy (non-hydrogen) atoms. The number of nitrogens with one attached hydrogen (secondary N) is 2. The lowest BCUT2D eigenvalue weighted by molar-refractivity contribution is -0.148. The fourth-order valence-electron chi connectivity index (χ4n) is 3.30. The maximum absolute atomic E-state index is 12.8. The van der Waals surface area contributed by atoms with E-state index in [0.717, 1.165) is 11.1 Å². The maximum Gasteiger partial charge on any atom is 0.330 e. The Morgan fingerprint density at radius 2 is 2.15 bits per heavy atom. The molecule has 1 aromatic carbocycles. The number of hydrogen-bond donors (Lipinski definition) is 3. The normalized spacial score (nSPS) is 15.8. The van der Waals surface area contributed by atoms with Crippen LogP contribution in [0.2, 0.25) is 5.02 Å². The number of carbonyl (C=O) groups is 2. The zero-order chi connectivity index (χ0) is 24.0. The van der Waals surface area contributed by atoms with E-state index in [2.05, 4.69) is 15.9 Å². The van der Waals surface area contributed by atoms with E-state index < -0.39 is 32.8 Å². The molecule has 1 saturated heterocycles. The number of amides is 1. The van der Waals surface area contributed by atoms with Crippen LogP contribution in [-0.4, -0.2) is 51.0 Å². The highest BCUT2D eigenvalue weighted by molar-refractivity contribution is 7.89. The Morgan fingerprint density at radius 1 is 1.36 bits per heavy atom. The van der Waals surface area contributed by atoms with E-state index in [4.69, 9.17) is 25.9 Å². The van der Waals surface area contributed by atoms with Crippen LogP contribution in [0, 0.1) is 4.91 Å². The van der Waals surface area contributed by atoms with Crippen molar-refractivity contribution in [1.82, 2.24) is 10.3 Å². The maximum atomic E-state index is 12.8. The summed E-state index contributed by atoms with van der Waals surface area (Å²) in [5.74, 6) is -0.678. The minimum absolute atomic E-state index is 0.0339. The van der Waals surface area contributed by atoms with Crippen LogP contribution < -0.4 is 15.8 Å². The van der Waals surface area contributed by atoms with Gasteiger partial charge in [0.05, 0.1) is 35.2 Å². The fourth-order valence-corrected chi connectivity index (χ4v) is 4.40. The van der Waals surface area contributed by atoms with Gasteiger partial charge in [0, 0.05) is 12.2 Å². The van der Waals surface area contributed by atoms with Gasteiger partial charge >= 0.3 is 5.97 Å². The zero-order valence-corrected chi connectivity index (χ0v) is 18.9. The van der Waals surface area contributed by atoms with E-state index in [1.165, 1.54) is 12.3 Å². The lowest BCUT2D eigenvalue weighted by atomic mass is 10.1. The Labute approximate surface area is 194 Å². The van der Waals surface area contributed by atoms with Crippen LogP contribution in [0.1, 0.15) is 29.0 Å². The Morgan fingerprint density at radius 3 is 2.82 bits per heavy atom. The second-order valence-electron chi connectivity index (χ2n) is 7.13. The molecule has 0 bridgehead atoms. The van der Waals surface area contributed by atoms with Crippen molar-refractivity contribution in [2.45, 2.75) is 30.3 Å². The summed E-state index contributed by atoms with van der Waals surface area (Å²) in [6, 6.07) is 5.02. The van der Waals surface area contributed by atoms with Crippen LogP contribution in [0.25, 0.3) is 0 Å². The largest absolute Gasteiger partial charge is 0.467 e. The van der Waals surface area contributed by atoms with Crippen LogP contribution >= 0.6 is 11.6 Å². The van der Waals surface area contributed by atoms with E-state index in [0.29, 0.717) is 25.1 Å². The van der Waals surface area contributed by atoms with Gasteiger partial charge in [-0.3, -0.25) is 4.79 Å².